The van der Waals surface area contributed by atoms with Gasteiger partial charge < -0.3 is 24.1 Å². The zero-order chi connectivity index (χ0) is 23.6. The Morgan fingerprint density at radius 3 is 2.71 bits per heavy atom. The molecule has 0 aliphatic carbocycles. The molecule has 168 valence electrons. The summed E-state index contributed by atoms with van der Waals surface area (Å²) in [7, 11) is 0. The van der Waals surface area contributed by atoms with Crippen molar-refractivity contribution >= 4 is 38.7 Å². The monoisotopic (exact) mass is 459 g/mol. The molecule has 4 heterocycles. The van der Waals surface area contributed by atoms with Crippen LogP contribution in [0.2, 0.25) is 0 Å². The van der Waals surface area contributed by atoms with Crippen molar-refractivity contribution in [3.8, 4) is 11.1 Å². The minimum atomic E-state index is -1.35. The van der Waals surface area contributed by atoms with E-state index in [9.17, 15) is 23.5 Å². The van der Waals surface area contributed by atoms with Gasteiger partial charge in [-0.3, -0.25) is 4.79 Å². The fraction of sp³-hybridized carbons (Fsp3) is 0.0400. The summed E-state index contributed by atoms with van der Waals surface area (Å²) in [4.78, 5) is 30.8. The van der Waals surface area contributed by atoms with Gasteiger partial charge in [-0.1, -0.05) is 0 Å². The van der Waals surface area contributed by atoms with Crippen molar-refractivity contribution in [2.45, 2.75) is 6.54 Å². The minimum Gasteiger partial charge on any atom is -0.477 e. The van der Waals surface area contributed by atoms with E-state index in [2.05, 4.69) is 9.97 Å². The summed E-state index contributed by atoms with van der Waals surface area (Å²) in [5, 5.41) is 11.3. The van der Waals surface area contributed by atoms with Crippen molar-refractivity contribution in [3.63, 3.8) is 0 Å². The SMILES string of the molecule is O=C(O)c1c(-c2ccc[nH]c2=O)c2c3occc3c(F)cc2n1Cc1cc2[nH]ccc2cc1F. The average Bonchev–Trinajstić information content (AvgIpc) is 3.52. The number of hydrogen-bond acceptors (Lipinski definition) is 3. The second-order valence-corrected chi connectivity index (χ2v) is 7.95. The molecule has 9 heteroatoms. The molecular formula is C25H15F2N3O4. The van der Waals surface area contributed by atoms with Crippen LogP contribution in [0.3, 0.4) is 0 Å². The zero-order valence-corrected chi connectivity index (χ0v) is 17.4. The highest BCUT2D eigenvalue weighted by Gasteiger charge is 2.29. The van der Waals surface area contributed by atoms with Crippen LogP contribution in [-0.4, -0.2) is 25.6 Å². The van der Waals surface area contributed by atoms with Crippen molar-refractivity contribution in [1.29, 1.82) is 0 Å². The molecule has 0 radical (unpaired) electrons. The maximum atomic E-state index is 15.0. The van der Waals surface area contributed by atoms with E-state index in [1.165, 1.54) is 41.3 Å². The van der Waals surface area contributed by atoms with Crippen LogP contribution >= 0.6 is 0 Å². The molecular weight excluding hydrogens is 444 g/mol. The summed E-state index contributed by atoms with van der Waals surface area (Å²) in [6, 6.07) is 10.3. The van der Waals surface area contributed by atoms with Gasteiger partial charge in [0.1, 0.15) is 22.9 Å². The molecule has 0 aliphatic heterocycles. The molecule has 6 rings (SSSR count). The van der Waals surface area contributed by atoms with Gasteiger partial charge in [0.05, 0.1) is 34.7 Å². The number of furan rings is 1. The van der Waals surface area contributed by atoms with Crippen molar-refractivity contribution in [2.75, 3.05) is 0 Å². The predicted molar refractivity (Wildman–Crippen MR) is 122 cm³/mol. The summed E-state index contributed by atoms with van der Waals surface area (Å²) in [6.07, 6.45) is 4.39. The van der Waals surface area contributed by atoms with Gasteiger partial charge in [0.25, 0.3) is 5.56 Å². The number of hydrogen-bond donors (Lipinski definition) is 3. The Kier molecular flexibility index (Phi) is 4.22. The molecule has 0 aliphatic rings. The van der Waals surface area contributed by atoms with Gasteiger partial charge in [-0.2, -0.15) is 0 Å². The van der Waals surface area contributed by atoms with E-state index in [-0.39, 0.29) is 50.8 Å². The summed E-state index contributed by atoms with van der Waals surface area (Å²) in [5.41, 5.74) is 0.496. The smallest absolute Gasteiger partial charge is 0.353 e. The van der Waals surface area contributed by atoms with Gasteiger partial charge in [-0.25, -0.2) is 13.6 Å². The molecule has 0 spiro atoms. The van der Waals surface area contributed by atoms with Gasteiger partial charge in [0.15, 0.2) is 0 Å². The molecule has 3 N–H and O–H groups in total. The third kappa shape index (κ3) is 2.80. The lowest BCUT2D eigenvalue weighted by atomic mass is 10.0. The number of benzene rings is 2. The van der Waals surface area contributed by atoms with E-state index in [0.29, 0.717) is 10.9 Å². The molecule has 6 aromatic rings. The Morgan fingerprint density at radius 2 is 1.91 bits per heavy atom. The third-order valence-corrected chi connectivity index (χ3v) is 6.06. The van der Waals surface area contributed by atoms with Crippen LogP contribution in [0.15, 0.2) is 70.3 Å². The molecule has 0 bridgehead atoms. The van der Waals surface area contributed by atoms with Crippen LogP contribution in [0.5, 0.6) is 0 Å². The molecule has 2 aromatic carbocycles. The lowest BCUT2D eigenvalue weighted by molar-refractivity contribution is 0.0687. The number of aromatic carboxylic acids is 1. The van der Waals surface area contributed by atoms with Crippen LogP contribution < -0.4 is 5.56 Å². The number of nitrogens with one attached hydrogen (secondary N) is 2. The van der Waals surface area contributed by atoms with Gasteiger partial charge in [-0.05, 0) is 42.5 Å². The largest absolute Gasteiger partial charge is 0.477 e. The number of carbonyl (C=O) groups is 1. The first-order valence-electron chi connectivity index (χ1n) is 10.3. The van der Waals surface area contributed by atoms with Crippen LogP contribution in [0.1, 0.15) is 16.1 Å². The van der Waals surface area contributed by atoms with E-state index in [1.807, 2.05) is 0 Å². The molecule has 0 saturated heterocycles. The second-order valence-electron chi connectivity index (χ2n) is 7.95. The van der Waals surface area contributed by atoms with Crippen molar-refractivity contribution in [3.05, 3.63) is 94.4 Å². The summed E-state index contributed by atoms with van der Waals surface area (Å²) < 4.78 is 36.8. The maximum Gasteiger partial charge on any atom is 0.353 e. The molecule has 34 heavy (non-hydrogen) atoms. The number of pyridine rings is 1. The number of aromatic nitrogens is 3. The maximum absolute atomic E-state index is 15.0. The molecule has 0 amide bonds. The first kappa shape index (κ1) is 20.0. The average molecular weight is 459 g/mol. The van der Waals surface area contributed by atoms with Crippen molar-refractivity contribution < 1.29 is 23.1 Å². The standard InChI is InChI=1S/C25H15F2N3O4/c26-16-8-12-3-6-28-18(12)9-13(16)11-30-19-10-17(27)14-4-7-34-23(14)21(19)20(22(30)25(32)33)15-2-1-5-29-24(15)31/h1-10,28H,11H2,(H,29,31)(H,32,33). The van der Waals surface area contributed by atoms with Crippen molar-refractivity contribution in [1.82, 2.24) is 14.5 Å². The summed E-state index contributed by atoms with van der Waals surface area (Å²) >= 11 is 0. The number of nitrogens with zero attached hydrogens (tertiary/aromatic N) is 1. The minimum absolute atomic E-state index is 0.0747. The third-order valence-electron chi connectivity index (χ3n) is 6.06. The number of aromatic amines is 2. The highest BCUT2D eigenvalue weighted by atomic mass is 19.1. The highest BCUT2D eigenvalue weighted by Crippen LogP contribution is 2.40. The molecule has 0 fully saturated rings. The highest BCUT2D eigenvalue weighted by molar-refractivity contribution is 6.17. The number of halogens is 2. The van der Waals surface area contributed by atoms with E-state index in [1.54, 1.807) is 24.4 Å². The fourth-order valence-corrected chi connectivity index (χ4v) is 4.58. The zero-order valence-electron chi connectivity index (χ0n) is 17.4. The molecule has 4 aromatic heterocycles. The molecule has 0 unspecified atom stereocenters. The normalized spacial score (nSPS) is 11.7. The van der Waals surface area contributed by atoms with Crippen molar-refractivity contribution in [2.24, 2.45) is 0 Å². The molecule has 0 saturated carbocycles. The van der Waals surface area contributed by atoms with E-state index >= 15 is 0 Å². The van der Waals surface area contributed by atoms with Gasteiger partial charge >= 0.3 is 5.97 Å². The lowest BCUT2D eigenvalue weighted by Crippen LogP contribution is -2.14. The Labute approximate surface area is 188 Å². The summed E-state index contributed by atoms with van der Waals surface area (Å²) in [6.45, 7) is -0.213. The first-order chi connectivity index (χ1) is 16.4. The Hall–Kier alpha value is -4.66. The van der Waals surface area contributed by atoms with Crippen LogP contribution in [0.25, 0.3) is 43.9 Å². The summed E-state index contributed by atoms with van der Waals surface area (Å²) in [5.74, 6) is -2.51. The Morgan fingerprint density at radius 1 is 1.06 bits per heavy atom. The number of rotatable bonds is 4. The van der Waals surface area contributed by atoms with Crippen LogP contribution in [-0.2, 0) is 6.54 Å². The number of carboxylic acids is 1. The molecule has 0 atom stereocenters. The number of H-pyrrole nitrogens is 2. The lowest BCUT2D eigenvalue weighted by Gasteiger charge is -2.11. The van der Waals surface area contributed by atoms with E-state index < -0.39 is 23.2 Å². The Bertz CT molecular complexity index is 1820. The fourth-order valence-electron chi connectivity index (χ4n) is 4.58. The van der Waals surface area contributed by atoms with Gasteiger partial charge in [0, 0.05) is 34.4 Å². The predicted octanol–water partition coefficient (Wildman–Crippen LogP) is 5.25. The van der Waals surface area contributed by atoms with Gasteiger partial charge in [0.2, 0.25) is 0 Å². The van der Waals surface area contributed by atoms with E-state index in [4.69, 9.17) is 4.42 Å². The van der Waals surface area contributed by atoms with Crippen LogP contribution in [0.4, 0.5) is 8.78 Å². The first-order valence-corrected chi connectivity index (χ1v) is 10.3. The molecule has 7 nitrogen and oxygen atoms in total. The number of fused-ring (bicyclic) bond motifs is 4. The van der Waals surface area contributed by atoms with Gasteiger partial charge in [-0.15, -0.1) is 0 Å². The second kappa shape index (κ2) is 7.17. The van der Waals surface area contributed by atoms with E-state index in [0.717, 1.165) is 0 Å². The number of carboxylic acid groups (broad SMARTS) is 1. The van der Waals surface area contributed by atoms with Crippen LogP contribution in [0, 0.1) is 11.6 Å². The topological polar surface area (TPSA) is 104 Å². The Balaban J connectivity index is 1.75. The quantitative estimate of drug-likeness (QED) is 0.335.